The molecule has 1 aliphatic heterocycles. The van der Waals surface area contributed by atoms with E-state index in [1.54, 1.807) is 19.3 Å². The number of hydrogen-bond donors (Lipinski definition) is 2. The second kappa shape index (κ2) is 5.55. The van der Waals surface area contributed by atoms with Crippen molar-refractivity contribution in [3.8, 4) is 0 Å². The highest BCUT2D eigenvalue weighted by atomic mass is 16.5. The van der Waals surface area contributed by atoms with E-state index in [2.05, 4.69) is 26.9 Å². The Morgan fingerprint density at radius 3 is 2.81 bits per heavy atom. The summed E-state index contributed by atoms with van der Waals surface area (Å²) in [5, 5.41) is 2.79. The van der Waals surface area contributed by atoms with E-state index in [9.17, 15) is 4.79 Å². The molecule has 1 unspecified atom stereocenters. The number of allylic oxidation sites excluding steroid dienone is 1. The summed E-state index contributed by atoms with van der Waals surface area (Å²) >= 11 is 0. The number of hydrogen-bond acceptors (Lipinski definition) is 4. The maximum Gasteiger partial charge on any atom is 0.249 e. The van der Waals surface area contributed by atoms with Crippen LogP contribution in [0.4, 0.5) is 0 Å². The minimum Gasteiger partial charge on any atom is -0.480 e. The molecule has 2 N–H and O–H groups in total. The summed E-state index contributed by atoms with van der Waals surface area (Å²) in [6, 6.07) is -0.458. The van der Waals surface area contributed by atoms with Gasteiger partial charge in [-0.3, -0.25) is 4.79 Å². The van der Waals surface area contributed by atoms with Gasteiger partial charge in [0.25, 0.3) is 0 Å². The summed E-state index contributed by atoms with van der Waals surface area (Å²) in [5.74, 6) is 0.231. The van der Waals surface area contributed by atoms with Crippen molar-refractivity contribution in [2.24, 2.45) is 4.99 Å². The van der Waals surface area contributed by atoms with Crippen LogP contribution in [0.2, 0.25) is 0 Å². The van der Waals surface area contributed by atoms with Crippen LogP contribution in [0.1, 0.15) is 32.2 Å². The van der Waals surface area contributed by atoms with Gasteiger partial charge in [0.1, 0.15) is 11.7 Å². The summed E-state index contributed by atoms with van der Waals surface area (Å²) in [6.45, 7) is 9.62. The number of aromatic nitrogens is 2. The van der Waals surface area contributed by atoms with E-state index < -0.39 is 6.04 Å². The molecule has 0 aliphatic carbocycles. The lowest BCUT2D eigenvalue weighted by atomic mass is 9.88. The number of rotatable bonds is 3. The standard InChI is InChI=1S/C15H20N4O2/c1-6-15(3,4)12-10(16-8-17-12)7-11-14(21-5)18-9(2)13(20)19-11/h6-9H,1H2,2-5H3,(H,16,17)(H,19,20)/b11-7-. The normalized spacial score (nSPS) is 21.0. The van der Waals surface area contributed by atoms with Crippen LogP contribution in [0, 0.1) is 0 Å². The van der Waals surface area contributed by atoms with Crippen LogP contribution >= 0.6 is 0 Å². The Balaban J connectivity index is 2.45. The van der Waals surface area contributed by atoms with Crippen LogP contribution in [-0.4, -0.2) is 34.9 Å². The number of carbonyl (C=O) groups is 1. The van der Waals surface area contributed by atoms with Crippen molar-refractivity contribution in [2.45, 2.75) is 32.2 Å². The topological polar surface area (TPSA) is 79.4 Å². The number of aromatic amines is 1. The number of methoxy groups -OCH3 is 1. The van der Waals surface area contributed by atoms with Gasteiger partial charge in [0.05, 0.1) is 24.8 Å². The number of nitrogens with zero attached hydrogens (tertiary/aromatic N) is 2. The zero-order valence-electron chi connectivity index (χ0n) is 12.7. The van der Waals surface area contributed by atoms with Gasteiger partial charge in [-0.1, -0.05) is 19.9 Å². The Labute approximate surface area is 124 Å². The van der Waals surface area contributed by atoms with Crippen molar-refractivity contribution >= 4 is 17.9 Å². The van der Waals surface area contributed by atoms with E-state index in [4.69, 9.17) is 4.74 Å². The van der Waals surface area contributed by atoms with Crippen LogP contribution in [0.15, 0.2) is 29.7 Å². The summed E-state index contributed by atoms with van der Waals surface area (Å²) in [5.41, 5.74) is 1.87. The molecule has 1 aromatic heterocycles. The molecule has 21 heavy (non-hydrogen) atoms. The zero-order chi connectivity index (χ0) is 15.6. The Kier molecular flexibility index (Phi) is 3.97. The summed E-state index contributed by atoms with van der Waals surface area (Å²) in [7, 11) is 1.52. The quantitative estimate of drug-likeness (QED) is 0.832. The third kappa shape index (κ3) is 2.89. The van der Waals surface area contributed by atoms with Crippen LogP contribution in [0.25, 0.3) is 6.08 Å². The van der Waals surface area contributed by atoms with Crippen LogP contribution in [0.3, 0.4) is 0 Å². The van der Waals surface area contributed by atoms with Gasteiger partial charge in [0, 0.05) is 5.41 Å². The molecule has 0 fully saturated rings. The first kappa shape index (κ1) is 15.0. The molecule has 0 aromatic carbocycles. The molecule has 2 rings (SSSR count). The van der Waals surface area contributed by atoms with Gasteiger partial charge in [-0.15, -0.1) is 6.58 Å². The van der Waals surface area contributed by atoms with Gasteiger partial charge in [-0.2, -0.15) is 0 Å². The summed E-state index contributed by atoms with van der Waals surface area (Å²) in [6.07, 6.45) is 5.21. The minimum absolute atomic E-state index is 0.165. The maximum atomic E-state index is 11.8. The number of ether oxygens (including phenoxy) is 1. The van der Waals surface area contributed by atoms with Gasteiger partial charge in [-0.25, -0.2) is 9.98 Å². The second-order valence-electron chi connectivity index (χ2n) is 5.45. The summed E-state index contributed by atoms with van der Waals surface area (Å²) in [4.78, 5) is 23.4. The first-order chi connectivity index (χ1) is 9.89. The highest BCUT2D eigenvalue weighted by molar-refractivity contribution is 6.05. The lowest BCUT2D eigenvalue weighted by Gasteiger charge is -2.21. The molecular formula is C15H20N4O2. The molecule has 0 saturated heterocycles. The molecule has 0 bridgehead atoms. The second-order valence-corrected chi connectivity index (χ2v) is 5.45. The molecule has 112 valence electrons. The first-order valence-corrected chi connectivity index (χ1v) is 6.71. The fourth-order valence-corrected chi connectivity index (χ4v) is 2.02. The molecule has 6 nitrogen and oxygen atoms in total. The van der Waals surface area contributed by atoms with E-state index in [1.807, 2.05) is 19.9 Å². The molecule has 2 heterocycles. The monoisotopic (exact) mass is 288 g/mol. The number of nitrogens with one attached hydrogen (secondary N) is 2. The van der Waals surface area contributed by atoms with Crippen LogP contribution < -0.4 is 5.32 Å². The van der Waals surface area contributed by atoms with Crippen molar-refractivity contribution < 1.29 is 9.53 Å². The van der Waals surface area contributed by atoms with E-state index in [-0.39, 0.29) is 11.3 Å². The van der Waals surface area contributed by atoms with Crippen molar-refractivity contribution in [2.75, 3.05) is 7.11 Å². The molecule has 1 aliphatic rings. The van der Waals surface area contributed by atoms with E-state index in [0.29, 0.717) is 11.6 Å². The largest absolute Gasteiger partial charge is 0.480 e. The van der Waals surface area contributed by atoms with Gasteiger partial charge in [-0.05, 0) is 13.0 Å². The van der Waals surface area contributed by atoms with Gasteiger partial charge < -0.3 is 15.0 Å². The van der Waals surface area contributed by atoms with Crippen LogP contribution in [0.5, 0.6) is 0 Å². The SMILES string of the molecule is C=CC(C)(C)c1[nH]cnc1/C=C1\NC(=O)C(C)N=C1OC. The number of amides is 1. The van der Waals surface area contributed by atoms with Gasteiger partial charge in [0.2, 0.25) is 11.8 Å². The zero-order valence-corrected chi connectivity index (χ0v) is 12.7. The third-order valence-electron chi connectivity index (χ3n) is 3.48. The third-order valence-corrected chi connectivity index (χ3v) is 3.48. The van der Waals surface area contributed by atoms with Crippen molar-refractivity contribution in [3.63, 3.8) is 0 Å². The lowest BCUT2D eigenvalue weighted by Crippen LogP contribution is -2.39. The fraction of sp³-hybridized carbons (Fsp3) is 0.400. The Morgan fingerprint density at radius 1 is 1.48 bits per heavy atom. The maximum absolute atomic E-state index is 11.8. The number of carbonyl (C=O) groups excluding carboxylic acids is 1. The molecular weight excluding hydrogens is 268 g/mol. The summed E-state index contributed by atoms with van der Waals surface area (Å²) < 4.78 is 5.23. The van der Waals surface area contributed by atoms with Gasteiger partial charge >= 0.3 is 0 Å². The minimum atomic E-state index is -0.458. The van der Waals surface area contributed by atoms with Crippen molar-refractivity contribution in [1.82, 2.24) is 15.3 Å². The molecule has 1 aromatic rings. The first-order valence-electron chi connectivity index (χ1n) is 6.71. The fourth-order valence-electron chi connectivity index (χ4n) is 2.02. The number of imidazole rings is 1. The average Bonchev–Trinajstić information content (AvgIpc) is 2.91. The highest BCUT2D eigenvalue weighted by Gasteiger charge is 2.26. The number of aliphatic imine (C=N–C) groups is 1. The molecule has 1 atom stereocenters. The predicted octanol–water partition coefficient (Wildman–Crippen LogP) is 1.78. The molecule has 0 radical (unpaired) electrons. The Morgan fingerprint density at radius 2 is 2.19 bits per heavy atom. The van der Waals surface area contributed by atoms with Crippen LogP contribution in [-0.2, 0) is 14.9 Å². The molecule has 0 saturated carbocycles. The molecule has 1 amide bonds. The van der Waals surface area contributed by atoms with Gasteiger partial charge in [0.15, 0.2) is 0 Å². The Hall–Kier alpha value is -2.37. The predicted molar refractivity (Wildman–Crippen MR) is 81.8 cm³/mol. The molecule has 6 heteroatoms. The average molecular weight is 288 g/mol. The smallest absolute Gasteiger partial charge is 0.249 e. The number of H-pyrrole nitrogens is 1. The van der Waals surface area contributed by atoms with E-state index >= 15 is 0 Å². The lowest BCUT2D eigenvalue weighted by molar-refractivity contribution is -0.121. The van der Waals surface area contributed by atoms with Crippen molar-refractivity contribution in [1.29, 1.82) is 0 Å². The highest BCUT2D eigenvalue weighted by Crippen LogP contribution is 2.26. The van der Waals surface area contributed by atoms with E-state index in [1.165, 1.54) is 7.11 Å². The van der Waals surface area contributed by atoms with Crippen molar-refractivity contribution in [3.05, 3.63) is 36.1 Å². The molecule has 0 spiro atoms. The Bertz CT molecular complexity index is 625. The van der Waals surface area contributed by atoms with E-state index in [0.717, 1.165) is 11.4 Å².